The summed E-state index contributed by atoms with van der Waals surface area (Å²) in [5, 5.41) is 3.56. The zero-order valence-corrected chi connectivity index (χ0v) is 13.2. The van der Waals surface area contributed by atoms with Crippen molar-refractivity contribution in [1.82, 2.24) is 5.32 Å². The monoisotopic (exact) mass is 287 g/mol. The topological polar surface area (TPSA) is 12.0 Å². The van der Waals surface area contributed by atoms with Crippen LogP contribution in [0, 0.1) is 35.9 Å². The zero-order chi connectivity index (χ0) is 14.6. The highest BCUT2D eigenvalue weighted by molar-refractivity contribution is 5.28. The minimum Gasteiger partial charge on any atom is -0.313 e. The molecule has 4 aliphatic carbocycles. The highest BCUT2D eigenvalue weighted by Crippen LogP contribution is 2.63. The van der Waals surface area contributed by atoms with Crippen LogP contribution in [-0.2, 0) is 0 Å². The summed E-state index contributed by atoms with van der Waals surface area (Å²) >= 11 is 0. The van der Waals surface area contributed by atoms with Crippen molar-refractivity contribution in [3.8, 4) is 0 Å². The first-order valence-corrected chi connectivity index (χ1v) is 8.53. The average Bonchev–Trinajstić information content (AvgIpc) is 2.41. The Morgan fingerprint density at radius 2 is 1.67 bits per heavy atom. The number of hydrogen-bond donors (Lipinski definition) is 1. The second kappa shape index (κ2) is 4.81. The molecule has 0 saturated heterocycles. The molecule has 1 aromatic rings. The van der Waals surface area contributed by atoms with E-state index in [2.05, 4.69) is 18.4 Å². The summed E-state index contributed by atoms with van der Waals surface area (Å²) in [4.78, 5) is 0. The molecule has 4 fully saturated rings. The predicted molar refractivity (Wildman–Crippen MR) is 83.5 cm³/mol. The molecule has 0 aromatic heterocycles. The first-order chi connectivity index (χ1) is 10.1. The van der Waals surface area contributed by atoms with Gasteiger partial charge in [-0.15, -0.1) is 0 Å². The van der Waals surface area contributed by atoms with Crippen LogP contribution in [0.1, 0.15) is 55.7 Å². The number of aryl methyl sites for hydroxylation is 1. The first kappa shape index (κ1) is 13.8. The van der Waals surface area contributed by atoms with E-state index in [-0.39, 0.29) is 5.82 Å². The van der Waals surface area contributed by atoms with Gasteiger partial charge in [0.15, 0.2) is 0 Å². The van der Waals surface area contributed by atoms with Gasteiger partial charge in [-0.1, -0.05) is 12.1 Å². The second-order valence-corrected chi connectivity index (χ2v) is 8.01. The van der Waals surface area contributed by atoms with Crippen molar-refractivity contribution in [2.75, 3.05) is 7.05 Å². The molecule has 1 unspecified atom stereocenters. The molecule has 1 atom stereocenters. The SMILES string of the molecule is CNC(c1ccc(C)c(F)c1)C12CC3CC(CC(C3)C1)C2. The molecule has 0 aliphatic heterocycles. The van der Waals surface area contributed by atoms with Crippen LogP contribution in [0.4, 0.5) is 4.39 Å². The molecule has 0 radical (unpaired) electrons. The van der Waals surface area contributed by atoms with Crippen molar-refractivity contribution >= 4 is 0 Å². The van der Waals surface area contributed by atoms with Crippen molar-refractivity contribution in [3.63, 3.8) is 0 Å². The van der Waals surface area contributed by atoms with E-state index in [0.717, 1.165) is 28.9 Å². The van der Waals surface area contributed by atoms with Crippen LogP contribution >= 0.6 is 0 Å². The van der Waals surface area contributed by atoms with E-state index >= 15 is 0 Å². The van der Waals surface area contributed by atoms with E-state index in [1.807, 2.05) is 13.0 Å². The maximum Gasteiger partial charge on any atom is 0.126 e. The van der Waals surface area contributed by atoms with E-state index < -0.39 is 0 Å². The summed E-state index contributed by atoms with van der Waals surface area (Å²) in [6, 6.07) is 6.17. The summed E-state index contributed by atoms with van der Waals surface area (Å²) in [6.07, 6.45) is 8.41. The van der Waals surface area contributed by atoms with Crippen molar-refractivity contribution < 1.29 is 4.39 Å². The Morgan fingerprint density at radius 1 is 1.10 bits per heavy atom. The summed E-state index contributed by atoms with van der Waals surface area (Å²) in [6.45, 7) is 1.85. The Hall–Kier alpha value is -0.890. The standard InChI is InChI=1S/C19H26FN/c1-12-3-4-16(8-17(12)20)18(21-2)19-9-13-5-14(10-19)7-15(6-13)11-19/h3-4,8,13-15,18,21H,5-7,9-11H2,1-2H3. The molecule has 4 saturated carbocycles. The van der Waals surface area contributed by atoms with Crippen molar-refractivity contribution in [2.24, 2.45) is 23.2 Å². The fourth-order valence-corrected chi connectivity index (χ4v) is 6.15. The fourth-order valence-electron chi connectivity index (χ4n) is 6.15. The summed E-state index contributed by atoms with van der Waals surface area (Å²) in [5.74, 6) is 2.74. The molecule has 1 aromatic carbocycles. The lowest BCUT2D eigenvalue weighted by molar-refractivity contribution is -0.0736. The number of halogens is 1. The molecule has 2 heteroatoms. The van der Waals surface area contributed by atoms with E-state index in [0.29, 0.717) is 11.5 Å². The average molecular weight is 287 g/mol. The molecule has 1 N–H and O–H groups in total. The summed E-state index contributed by atoms with van der Waals surface area (Å²) in [7, 11) is 2.06. The summed E-state index contributed by atoms with van der Waals surface area (Å²) < 4.78 is 14.0. The van der Waals surface area contributed by atoms with Crippen LogP contribution in [0.15, 0.2) is 18.2 Å². The van der Waals surface area contributed by atoms with Gasteiger partial charge >= 0.3 is 0 Å². The Bertz CT molecular complexity index is 515. The lowest BCUT2D eigenvalue weighted by atomic mass is 9.47. The van der Waals surface area contributed by atoms with Gasteiger partial charge in [0.2, 0.25) is 0 Å². The molecular formula is C19H26FN. The molecule has 5 rings (SSSR count). The minimum atomic E-state index is -0.0579. The van der Waals surface area contributed by atoms with Crippen molar-refractivity contribution in [2.45, 2.75) is 51.5 Å². The van der Waals surface area contributed by atoms with Gasteiger partial charge in [-0.25, -0.2) is 4.39 Å². The van der Waals surface area contributed by atoms with Crippen LogP contribution < -0.4 is 5.32 Å². The first-order valence-electron chi connectivity index (χ1n) is 8.53. The van der Waals surface area contributed by atoms with Gasteiger partial charge in [0, 0.05) is 6.04 Å². The maximum absolute atomic E-state index is 14.0. The molecule has 1 nitrogen and oxygen atoms in total. The second-order valence-electron chi connectivity index (χ2n) is 8.01. The lowest BCUT2D eigenvalue weighted by Crippen LogP contribution is -2.51. The molecular weight excluding hydrogens is 261 g/mol. The smallest absolute Gasteiger partial charge is 0.126 e. The number of nitrogens with one attached hydrogen (secondary N) is 1. The normalized spacial score (nSPS) is 38.7. The highest BCUT2D eigenvalue weighted by atomic mass is 19.1. The molecule has 4 bridgehead atoms. The number of benzene rings is 1. The van der Waals surface area contributed by atoms with Gasteiger partial charge in [-0.05, 0) is 92.9 Å². The molecule has 4 aliphatic rings. The Balaban J connectivity index is 1.70. The van der Waals surface area contributed by atoms with Gasteiger partial charge in [0.1, 0.15) is 5.82 Å². The third-order valence-electron chi connectivity index (χ3n) is 6.52. The van der Waals surface area contributed by atoms with Crippen LogP contribution in [0.3, 0.4) is 0 Å². The van der Waals surface area contributed by atoms with E-state index in [9.17, 15) is 4.39 Å². The number of hydrogen-bond acceptors (Lipinski definition) is 1. The largest absolute Gasteiger partial charge is 0.313 e. The molecule has 0 spiro atoms. The van der Waals surface area contributed by atoms with Crippen LogP contribution in [0.5, 0.6) is 0 Å². The highest BCUT2D eigenvalue weighted by Gasteiger charge is 2.54. The molecule has 114 valence electrons. The van der Waals surface area contributed by atoms with Crippen LogP contribution in [0.2, 0.25) is 0 Å². The summed E-state index contributed by atoms with van der Waals surface area (Å²) in [5.41, 5.74) is 2.28. The van der Waals surface area contributed by atoms with Gasteiger partial charge in [0.25, 0.3) is 0 Å². The molecule has 0 amide bonds. The van der Waals surface area contributed by atoms with Gasteiger partial charge in [-0.2, -0.15) is 0 Å². The minimum absolute atomic E-state index is 0.0579. The van der Waals surface area contributed by atoms with E-state index in [1.54, 1.807) is 6.07 Å². The van der Waals surface area contributed by atoms with E-state index in [4.69, 9.17) is 0 Å². The number of rotatable bonds is 3. The van der Waals surface area contributed by atoms with Gasteiger partial charge in [0.05, 0.1) is 0 Å². The van der Waals surface area contributed by atoms with Crippen LogP contribution in [-0.4, -0.2) is 7.05 Å². The van der Waals surface area contributed by atoms with E-state index in [1.165, 1.54) is 38.5 Å². The van der Waals surface area contributed by atoms with Crippen molar-refractivity contribution in [3.05, 3.63) is 35.1 Å². The van der Waals surface area contributed by atoms with Gasteiger partial charge in [-0.3, -0.25) is 0 Å². The van der Waals surface area contributed by atoms with Crippen LogP contribution in [0.25, 0.3) is 0 Å². The molecule has 21 heavy (non-hydrogen) atoms. The fraction of sp³-hybridized carbons (Fsp3) is 0.684. The molecule has 0 heterocycles. The lowest BCUT2D eigenvalue weighted by Gasteiger charge is -2.59. The quantitative estimate of drug-likeness (QED) is 0.856. The third-order valence-corrected chi connectivity index (χ3v) is 6.52. The van der Waals surface area contributed by atoms with Crippen molar-refractivity contribution in [1.29, 1.82) is 0 Å². The third kappa shape index (κ3) is 2.14. The van der Waals surface area contributed by atoms with Gasteiger partial charge < -0.3 is 5.32 Å². The predicted octanol–water partition coefficient (Wildman–Crippen LogP) is 4.61. The maximum atomic E-state index is 14.0. The Labute approximate surface area is 127 Å². The Morgan fingerprint density at radius 3 is 2.14 bits per heavy atom. The Kier molecular flexibility index (Phi) is 3.15. The zero-order valence-electron chi connectivity index (χ0n) is 13.2.